The summed E-state index contributed by atoms with van der Waals surface area (Å²) in [6.45, 7) is 0. The largest absolute Gasteiger partial charge is 0.0876 e. The van der Waals surface area contributed by atoms with E-state index in [4.69, 9.17) is 0 Å². The van der Waals surface area contributed by atoms with Crippen molar-refractivity contribution in [3.05, 3.63) is 59.7 Å². The molecule has 3 rings (SSSR count). The van der Waals surface area contributed by atoms with E-state index in [0.717, 1.165) is 10.7 Å². The minimum absolute atomic E-state index is 0.884. The molecule has 0 saturated carbocycles. The first kappa shape index (κ1) is 12.2. The number of hydrogen-bond donors (Lipinski definition) is 0. The van der Waals surface area contributed by atoms with E-state index in [1.54, 1.807) is 0 Å². The van der Waals surface area contributed by atoms with Crippen molar-refractivity contribution in [1.82, 2.24) is 0 Å². The van der Waals surface area contributed by atoms with Gasteiger partial charge in [-0.05, 0) is 38.7 Å². The molecule has 3 aromatic rings. The highest BCUT2D eigenvalue weighted by Crippen LogP contribution is 2.33. The van der Waals surface area contributed by atoms with Crippen LogP contribution in [0.5, 0.6) is 0 Å². The topological polar surface area (TPSA) is 0 Å². The van der Waals surface area contributed by atoms with E-state index >= 15 is 0 Å². The molecular weight excluding hydrogens is 352 g/mol. The molecule has 3 aromatic carbocycles. The molecule has 0 aromatic heterocycles. The summed E-state index contributed by atoms with van der Waals surface area (Å²) in [5, 5.41) is 7.13. The average Bonchev–Trinajstić information content (AvgIpc) is 2.44. The summed E-state index contributed by atoms with van der Waals surface area (Å²) >= 11 is 7.24. The second kappa shape index (κ2) is 5.02. The van der Waals surface area contributed by atoms with Crippen molar-refractivity contribution in [2.45, 2.75) is 10.7 Å². The first-order valence-corrected chi connectivity index (χ1v) is 8.13. The first-order chi connectivity index (χ1) is 8.85. The van der Waals surface area contributed by atoms with Gasteiger partial charge in [0.2, 0.25) is 0 Å². The van der Waals surface area contributed by atoms with Crippen molar-refractivity contribution in [2.24, 2.45) is 0 Å². The maximum absolute atomic E-state index is 3.65. The summed E-state index contributed by atoms with van der Waals surface area (Å²) in [5.74, 6) is 0. The Morgan fingerprint density at radius 2 is 1.56 bits per heavy atom. The summed E-state index contributed by atoms with van der Waals surface area (Å²) < 4.78 is 0. The lowest BCUT2D eigenvalue weighted by molar-refractivity contribution is 1.45. The second-order valence-corrected chi connectivity index (χ2v) is 5.48. The smallest absolute Gasteiger partial charge is 0.0295 e. The fourth-order valence-electron chi connectivity index (χ4n) is 2.56. The molecule has 0 saturated heterocycles. The molecule has 0 aliphatic carbocycles. The Hall–Kier alpha value is -0.860. The van der Waals surface area contributed by atoms with Gasteiger partial charge in [-0.25, -0.2) is 0 Å². The molecule has 0 nitrogen and oxygen atoms in total. The van der Waals surface area contributed by atoms with Crippen molar-refractivity contribution in [3.63, 3.8) is 0 Å². The molecule has 0 bridgehead atoms. The molecule has 0 spiro atoms. The molecule has 0 amide bonds. The van der Waals surface area contributed by atoms with E-state index in [1.807, 2.05) is 0 Å². The maximum Gasteiger partial charge on any atom is 0.0295 e. The normalized spacial score (nSPS) is 11.2. The van der Waals surface area contributed by atoms with Crippen LogP contribution in [0.4, 0.5) is 0 Å². The molecule has 0 unspecified atom stereocenters. The molecule has 0 atom stereocenters. The van der Waals surface area contributed by atoms with Crippen LogP contribution in [0, 0.1) is 0 Å². The van der Waals surface area contributed by atoms with E-state index < -0.39 is 0 Å². The summed E-state index contributed by atoms with van der Waals surface area (Å²) in [4.78, 5) is 0. The molecule has 90 valence electrons. The zero-order valence-electron chi connectivity index (χ0n) is 9.79. The molecule has 0 N–H and O–H groups in total. The van der Waals surface area contributed by atoms with E-state index in [-0.39, 0.29) is 0 Å². The van der Waals surface area contributed by atoms with E-state index in [2.05, 4.69) is 80.4 Å². The summed E-state index contributed by atoms with van der Waals surface area (Å²) in [6.07, 6.45) is 0. The van der Waals surface area contributed by atoms with Crippen LogP contribution in [0.2, 0.25) is 0 Å². The van der Waals surface area contributed by atoms with E-state index in [9.17, 15) is 0 Å². The number of hydrogen-bond acceptors (Lipinski definition) is 0. The Kier molecular flexibility index (Phi) is 3.40. The van der Waals surface area contributed by atoms with Crippen LogP contribution in [0.3, 0.4) is 0 Å². The SMILES string of the molecule is BrCc1cccc2cc3ccccc3c(CBr)c12. The Bertz CT molecular complexity index is 717. The lowest BCUT2D eigenvalue weighted by Gasteiger charge is -2.12. The van der Waals surface area contributed by atoms with Crippen molar-refractivity contribution >= 4 is 53.4 Å². The van der Waals surface area contributed by atoms with Crippen molar-refractivity contribution in [2.75, 3.05) is 0 Å². The van der Waals surface area contributed by atoms with Crippen LogP contribution in [0.1, 0.15) is 11.1 Å². The molecule has 2 heteroatoms. The van der Waals surface area contributed by atoms with Gasteiger partial charge in [-0.3, -0.25) is 0 Å². The zero-order valence-corrected chi connectivity index (χ0v) is 13.0. The van der Waals surface area contributed by atoms with E-state index in [0.29, 0.717) is 0 Å². The third-order valence-electron chi connectivity index (χ3n) is 3.36. The minimum Gasteiger partial charge on any atom is -0.0876 e. The number of alkyl halides is 2. The van der Waals surface area contributed by atoms with Gasteiger partial charge < -0.3 is 0 Å². The number of benzene rings is 3. The van der Waals surface area contributed by atoms with E-state index in [1.165, 1.54) is 32.7 Å². The standard InChI is InChI=1S/C16H12Br2/c17-9-13-6-3-5-12-8-11-4-1-2-7-14(11)15(10-18)16(12)13/h1-8H,9-10H2. The van der Waals surface area contributed by atoms with Gasteiger partial charge in [-0.1, -0.05) is 74.3 Å². The van der Waals surface area contributed by atoms with Crippen LogP contribution >= 0.6 is 31.9 Å². The Labute approximate surface area is 123 Å². The lowest BCUT2D eigenvalue weighted by atomic mass is 9.95. The summed E-state index contributed by atoms with van der Waals surface area (Å²) in [7, 11) is 0. The molecule has 0 radical (unpaired) electrons. The number of halogens is 2. The monoisotopic (exact) mass is 362 g/mol. The molecule has 18 heavy (non-hydrogen) atoms. The van der Waals surface area contributed by atoms with Crippen molar-refractivity contribution < 1.29 is 0 Å². The zero-order chi connectivity index (χ0) is 12.5. The van der Waals surface area contributed by atoms with Gasteiger partial charge in [0.05, 0.1) is 0 Å². The van der Waals surface area contributed by atoms with Gasteiger partial charge >= 0.3 is 0 Å². The van der Waals surface area contributed by atoms with Crippen LogP contribution in [-0.2, 0) is 10.7 Å². The van der Waals surface area contributed by atoms with Gasteiger partial charge in [0.25, 0.3) is 0 Å². The fraction of sp³-hybridized carbons (Fsp3) is 0.125. The highest BCUT2D eigenvalue weighted by atomic mass is 79.9. The number of rotatable bonds is 2. The Morgan fingerprint density at radius 1 is 0.778 bits per heavy atom. The molecule has 0 heterocycles. The maximum atomic E-state index is 3.65. The van der Waals surface area contributed by atoms with Gasteiger partial charge in [0, 0.05) is 10.7 Å². The van der Waals surface area contributed by atoms with Gasteiger partial charge in [-0.15, -0.1) is 0 Å². The van der Waals surface area contributed by atoms with Crippen molar-refractivity contribution in [1.29, 1.82) is 0 Å². The van der Waals surface area contributed by atoms with Crippen LogP contribution in [-0.4, -0.2) is 0 Å². The Balaban J connectivity index is 2.55. The third kappa shape index (κ3) is 1.88. The Morgan fingerprint density at radius 3 is 2.33 bits per heavy atom. The second-order valence-electron chi connectivity index (χ2n) is 4.36. The fourth-order valence-corrected chi connectivity index (χ4v) is 3.61. The van der Waals surface area contributed by atoms with Crippen LogP contribution < -0.4 is 0 Å². The minimum atomic E-state index is 0.884. The molecule has 0 fully saturated rings. The lowest BCUT2D eigenvalue weighted by Crippen LogP contribution is -1.90. The van der Waals surface area contributed by atoms with Crippen molar-refractivity contribution in [3.8, 4) is 0 Å². The highest BCUT2D eigenvalue weighted by molar-refractivity contribution is 9.08. The highest BCUT2D eigenvalue weighted by Gasteiger charge is 2.09. The average molecular weight is 364 g/mol. The predicted molar refractivity (Wildman–Crippen MR) is 86.7 cm³/mol. The molecule has 0 aliphatic heterocycles. The van der Waals surface area contributed by atoms with Gasteiger partial charge in [0.1, 0.15) is 0 Å². The van der Waals surface area contributed by atoms with Gasteiger partial charge in [0.15, 0.2) is 0 Å². The van der Waals surface area contributed by atoms with Gasteiger partial charge in [-0.2, -0.15) is 0 Å². The quantitative estimate of drug-likeness (QED) is 0.399. The molecular formula is C16H12Br2. The summed E-state index contributed by atoms with van der Waals surface area (Å²) in [5.41, 5.74) is 2.74. The van der Waals surface area contributed by atoms with Crippen LogP contribution in [0.25, 0.3) is 21.5 Å². The van der Waals surface area contributed by atoms with Crippen LogP contribution in [0.15, 0.2) is 48.5 Å². The summed E-state index contributed by atoms with van der Waals surface area (Å²) in [6, 6.07) is 17.4. The third-order valence-corrected chi connectivity index (χ3v) is 4.52. The first-order valence-electron chi connectivity index (χ1n) is 5.89. The molecule has 0 aliphatic rings. The predicted octanol–water partition coefficient (Wildman–Crippen LogP) is 5.78. The number of fused-ring (bicyclic) bond motifs is 2.